The van der Waals surface area contributed by atoms with Gasteiger partial charge in [-0.15, -0.1) is 0 Å². The third-order valence-electron chi connectivity index (χ3n) is 2.20. The van der Waals surface area contributed by atoms with Crippen LogP contribution in [0.1, 0.15) is 39.3 Å². The van der Waals surface area contributed by atoms with Gasteiger partial charge in [-0.25, -0.2) is 9.97 Å². The van der Waals surface area contributed by atoms with Crippen molar-refractivity contribution in [2.75, 3.05) is 0 Å². The van der Waals surface area contributed by atoms with Crippen molar-refractivity contribution >= 4 is 11.2 Å². The summed E-state index contributed by atoms with van der Waals surface area (Å²) < 4.78 is 1.98. The zero-order valence-electron chi connectivity index (χ0n) is 10.2. The van der Waals surface area contributed by atoms with Crippen molar-refractivity contribution in [3.05, 3.63) is 24.2 Å². The van der Waals surface area contributed by atoms with Crippen LogP contribution in [0.4, 0.5) is 0 Å². The molecule has 0 aliphatic heterocycles. The summed E-state index contributed by atoms with van der Waals surface area (Å²) in [6.45, 7) is 8.27. The molecular formula is C12H19N3. The molecule has 0 bridgehead atoms. The summed E-state index contributed by atoms with van der Waals surface area (Å²) in [6.07, 6.45) is 1.79. The van der Waals surface area contributed by atoms with Crippen molar-refractivity contribution in [2.24, 2.45) is 7.05 Å². The summed E-state index contributed by atoms with van der Waals surface area (Å²) in [5.74, 6) is 0.464. The molecule has 0 aliphatic rings. The van der Waals surface area contributed by atoms with Gasteiger partial charge in [0.05, 0.1) is 11.8 Å². The molecule has 3 heteroatoms. The van der Waals surface area contributed by atoms with Crippen LogP contribution in [-0.4, -0.2) is 14.5 Å². The first-order valence-electron chi connectivity index (χ1n) is 5.46. The van der Waals surface area contributed by atoms with E-state index in [1.807, 2.05) is 25.5 Å². The molecule has 0 aliphatic carbocycles. The third-order valence-corrected chi connectivity index (χ3v) is 2.20. The van der Waals surface area contributed by atoms with Crippen molar-refractivity contribution in [1.29, 1.82) is 0 Å². The van der Waals surface area contributed by atoms with Gasteiger partial charge < -0.3 is 4.57 Å². The van der Waals surface area contributed by atoms with Crippen LogP contribution in [0.15, 0.2) is 18.5 Å². The molecule has 0 aromatic carbocycles. The largest absolute Gasteiger partial charge is 0.332 e. The lowest BCUT2D eigenvalue weighted by Gasteiger charge is -2.02. The lowest BCUT2D eigenvalue weighted by atomic mass is 10.1. The molecule has 0 saturated heterocycles. The summed E-state index contributed by atoms with van der Waals surface area (Å²) >= 11 is 0. The maximum Gasteiger partial charge on any atom is 0.177 e. The third kappa shape index (κ3) is 2.35. The van der Waals surface area contributed by atoms with Crippen LogP contribution in [0, 0.1) is 0 Å². The monoisotopic (exact) mass is 205 g/mol. The van der Waals surface area contributed by atoms with E-state index in [0.29, 0.717) is 5.92 Å². The van der Waals surface area contributed by atoms with E-state index in [-0.39, 0.29) is 0 Å². The lowest BCUT2D eigenvalue weighted by Crippen LogP contribution is -1.93. The molecule has 15 heavy (non-hydrogen) atoms. The minimum absolute atomic E-state index is 0.464. The van der Waals surface area contributed by atoms with E-state index in [0.717, 1.165) is 16.9 Å². The fourth-order valence-electron chi connectivity index (χ4n) is 1.35. The highest BCUT2D eigenvalue weighted by Crippen LogP contribution is 2.15. The van der Waals surface area contributed by atoms with Crippen molar-refractivity contribution < 1.29 is 0 Å². The Morgan fingerprint density at radius 3 is 2.47 bits per heavy atom. The van der Waals surface area contributed by atoms with Crippen molar-refractivity contribution in [1.82, 2.24) is 14.5 Å². The molecule has 0 unspecified atom stereocenters. The Labute approximate surface area is 91.2 Å². The van der Waals surface area contributed by atoms with Gasteiger partial charge in [-0.2, -0.15) is 0 Å². The van der Waals surface area contributed by atoms with Crippen LogP contribution in [0.25, 0.3) is 11.2 Å². The second-order valence-corrected chi connectivity index (χ2v) is 3.59. The Morgan fingerprint density at radius 2 is 1.87 bits per heavy atom. The van der Waals surface area contributed by atoms with E-state index >= 15 is 0 Å². The molecule has 0 fully saturated rings. The number of nitrogens with zero attached hydrogens (tertiary/aromatic N) is 3. The van der Waals surface area contributed by atoms with Gasteiger partial charge in [0.25, 0.3) is 0 Å². The van der Waals surface area contributed by atoms with E-state index in [4.69, 9.17) is 0 Å². The summed E-state index contributed by atoms with van der Waals surface area (Å²) in [5.41, 5.74) is 3.03. The van der Waals surface area contributed by atoms with E-state index in [9.17, 15) is 0 Å². The zero-order chi connectivity index (χ0) is 11.4. The highest BCUT2D eigenvalue weighted by molar-refractivity contribution is 5.70. The molecular weight excluding hydrogens is 186 g/mol. The molecule has 2 rings (SSSR count). The second kappa shape index (κ2) is 4.91. The first kappa shape index (κ1) is 11.7. The van der Waals surface area contributed by atoms with Crippen LogP contribution in [0.2, 0.25) is 0 Å². The SMILES string of the molecule is CC.CC(C)c1ccc2c(ncn2C)n1. The molecule has 0 N–H and O–H groups in total. The second-order valence-electron chi connectivity index (χ2n) is 3.59. The fourth-order valence-corrected chi connectivity index (χ4v) is 1.35. The van der Waals surface area contributed by atoms with E-state index < -0.39 is 0 Å². The fraction of sp³-hybridized carbons (Fsp3) is 0.500. The average molecular weight is 205 g/mol. The van der Waals surface area contributed by atoms with E-state index in [1.165, 1.54) is 0 Å². The summed E-state index contributed by atoms with van der Waals surface area (Å²) in [6, 6.07) is 4.14. The summed E-state index contributed by atoms with van der Waals surface area (Å²) in [7, 11) is 1.98. The van der Waals surface area contributed by atoms with Gasteiger partial charge in [0.1, 0.15) is 0 Å². The zero-order valence-corrected chi connectivity index (χ0v) is 10.2. The Kier molecular flexibility index (Phi) is 3.83. The Hall–Kier alpha value is -1.38. The maximum atomic E-state index is 4.46. The van der Waals surface area contributed by atoms with Gasteiger partial charge in [0.15, 0.2) is 5.65 Å². The quantitative estimate of drug-likeness (QED) is 0.716. The molecule has 0 atom stereocenters. The van der Waals surface area contributed by atoms with Gasteiger partial charge >= 0.3 is 0 Å². The van der Waals surface area contributed by atoms with Crippen molar-refractivity contribution in [3.8, 4) is 0 Å². The molecule has 2 aromatic heterocycles. The number of aromatic nitrogens is 3. The van der Waals surface area contributed by atoms with Gasteiger partial charge in [-0.05, 0) is 18.1 Å². The normalized spacial score (nSPS) is 10.3. The highest BCUT2D eigenvalue weighted by Gasteiger charge is 2.04. The number of rotatable bonds is 1. The van der Waals surface area contributed by atoms with Gasteiger partial charge in [0.2, 0.25) is 0 Å². The standard InChI is InChI=1S/C10H13N3.C2H6/c1-7(2)8-4-5-9-10(12-8)11-6-13(9)3;1-2/h4-7H,1-3H3;1-2H3. The Bertz CT molecular complexity index is 429. The molecule has 2 heterocycles. The number of hydrogen-bond acceptors (Lipinski definition) is 2. The maximum absolute atomic E-state index is 4.46. The minimum Gasteiger partial charge on any atom is -0.332 e. The van der Waals surface area contributed by atoms with E-state index in [2.05, 4.69) is 35.9 Å². The summed E-state index contributed by atoms with van der Waals surface area (Å²) in [4.78, 5) is 8.68. The molecule has 0 spiro atoms. The van der Waals surface area contributed by atoms with Crippen LogP contribution in [0.3, 0.4) is 0 Å². The first-order valence-corrected chi connectivity index (χ1v) is 5.46. The highest BCUT2D eigenvalue weighted by atomic mass is 15.1. The smallest absolute Gasteiger partial charge is 0.177 e. The van der Waals surface area contributed by atoms with Crippen LogP contribution in [0.5, 0.6) is 0 Å². The molecule has 2 aromatic rings. The predicted octanol–water partition coefficient (Wildman–Crippen LogP) is 3.12. The first-order chi connectivity index (χ1) is 7.18. The number of pyridine rings is 1. The van der Waals surface area contributed by atoms with Gasteiger partial charge in [-0.3, -0.25) is 0 Å². The molecule has 0 radical (unpaired) electrons. The molecule has 0 amide bonds. The van der Waals surface area contributed by atoms with Crippen LogP contribution >= 0.6 is 0 Å². The van der Waals surface area contributed by atoms with Crippen molar-refractivity contribution in [3.63, 3.8) is 0 Å². The van der Waals surface area contributed by atoms with Crippen LogP contribution < -0.4 is 0 Å². The predicted molar refractivity (Wildman–Crippen MR) is 63.9 cm³/mol. The number of aryl methyl sites for hydroxylation is 1. The summed E-state index contributed by atoms with van der Waals surface area (Å²) in [5, 5.41) is 0. The van der Waals surface area contributed by atoms with E-state index in [1.54, 1.807) is 6.33 Å². The van der Waals surface area contributed by atoms with Crippen LogP contribution in [-0.2, 0) is 7.05 Å². The number of hydrogen-bond donors (Lipinski definition) is 0. The van der Waals surface area contributed by atoms with Gasteiger partial charge in [0, 0.05) is 12.7 Å². The molecule has 0 saturated carbocycles. The number of imidazole rings is 1. The average Bonchev–Trinajstić information content (AvgIpc) is 2.63. The van der Waals surface area contributed by atoms with Crippen molar-refractivity contribution in [2.45, 2.75) is 33.6 Å². The number of fused-ring (bicyclic) bond motifs is 1. The molecule has 82 valence electrons. The Morgan fingerprint density at radius 1 is 1.20 bits per heavy atom. The topological polar surface area (TPSA) is 30.7 Å². The Balaban J connectivity index is 0.000000531. The van der Waals surface area contributed by atoms with Gasteiger partial charge in [-0.1, -0.05) is 27.7 Å². The lowest BCUT2D eigenvalue weighted by molar-refractivity contribution is 0.828. The molecule has 3 nitrogen and oxygen atoms in total. The minimum atomic E-state index is 0.464.